The van der Waals surface area contributed by atoms with E-state index in [0.717, 1.165) is 16.2 Å². The molecule has 2 amide bonds. The third kappa shape index (κ3) is 6.58. The van der Waals surface area contributed by atoms with Gasteiger partial charge in [-0.15, -0.1) is 0 Å². The predicted octanol–water partition coefficient (Wildman–Crippen LogP) is 1.51. The fourth-order valence-corrected chi connectivity index (χ4v) is 2.58. The number of likely N-dealkylation sites (N-methyl/N-ethyl adjacent to an activating group) is 1. The molecule has 0 saturated heterocycles. The van der Waals surface area contributed by atoms with Crippen molar-refractivity contribution in [3.63, 3.8) is 0 Å². The highest BCUT2D eigenvalue weighted by Crippen LogP contribution is 2.13. The van der Waals surface area contributed by atoms with Gasteiger partial charge in [0.2, 0.25) is 0 Å². The minimum Gasteiger partial charge on any atom is -0.497 e. The number of carbonyl (C=O) groups excluding carboxylic acids is 2. The number of rotatable bonds is 8. The van der Waals surface area contributed by atoms with Crippen molar-refractivity contribution < 1.29 is 19.2 Å². The number of anilines is 1. The molecule has 7 heteroatoms. The third-order valence-electron chi connectivity index (χ3n) is 4.33. The number of hydrogen-bond acceptors (Lipinski definition) is 3. The molecule has 0 spiro atoms. The standard InChI is InChI=1S/C20H24ClN3O3/c1-14(20(26)22-12-15-4-10-18(27-3)11-5-15)24(2)13-19(25)23-17-8-6-16(21)7-9-17/h4-11,14H,12-13H2,1-3H3,(H,22,26)(H,23,25)/p+1/t14-/m1/s1. The average molecular weight is 391 g/mol. The van der Waals surface area contributed by atoms with E-state index in [1.807, 2.05) is 31.3 Å². The quantitative estimate of drug-likeness (QED) is 0.639. The summed E-state index contributed by atoms with van der Waals surface area (Å²) in [6.45, 7) is 2.41. The first-order valence-corrected chi connectivity index (χ1v) is 9.05. The van der Waals surface area contributed by atoms with Gasteiger partial charge in [0, 0.05) is 17.3 Å². The summed E-state index contributed by atoms with van der Waals surface area (Å²) < 4.78 is 5.11. The van der Waals surface area contributed by atoms with Gasteiger partial charge in [0.1, 0.15) is 5.75 Å². The zero-order chi connectivity index (χ0) is 19.8. The van der Waals surface area contributed by atoms with Crippen molar-refractivity contribution in [2.45, 2.75) is 19.5 Å². The van der Waals surface area contributed by atoms with E-state index in [1.54, 1.807) is 38.3 Å². The van der Waals surface area contributed by atoms with E-state index in [1.165, 1.54) is 0 Å². The van der Waals surface area contributed by atoms with Crippen molar-refractivity contribution in [3.8, 4) is 5.75 Å². The van der Waals surface area contributed by atoms with Crippen molar-refractivity contribution in [1.29, 1.82) is 0 Å². The van der Waals surface area contributed by atoms with E-state index in [9.17, 15) is 9.59 Å². The second-order valence-corrected chi connectivity index (χ2v) is 6.80. The number of ether oxygens (including phenoxy) is 1. The molecular formula is C20H25ClN3O3+. The van der Waals surface area contributed by atoms with Crippen LogP contribution in [0.5, 0.6) is 5.75 Å². The van der Waals surface area contributed by atoms with Gasteiger partial charge in [0.25, 0.3) is 11.8 Å². The average Bonchev–Trinajstić information content (AvgIpc) is 2.67. The van der Waals surface area contributed by atoms with Gasteiger partial charge in [-0.25, -0.2) is 0 Å². The SMILES string of the molecule is COc1ccc(CNC(=O)[C@@H](C)[NH+](C)CC(=O)Nc2ccc(Cl)cc2)cc1. The van der Waals surface area contributed by atoms with Gasteiger partial charge < -0.3 is 20.3 Å². The second kappa shape index (κ2) is 9.94. The summed E-state index contributed by atoms with van der Waals surface area (Å²) in [5, 5.41) is 6.31. The summed E-state index contributed by atoms with van der Waals surface area (Å²) in [4.78, 5) is 25.3. The smallest absolute Gasteiger partial charge is 0.279 e. The summed E-state index contributed by atoms with van der Waals surface area (Å²) in [5.41, 5.74) is 1.66. The predicted molar refractivity (Wildman–Crippen MR) is 106 cm³/mol. The highest BCUT2D eigenvalue weighted by Gasteiger charge is 2.23. The van der Waals surface area contributed by atoms with Crippen LogP contribution < -0.4 is 20.3 Å². The third-order valence-corrected chi connectivity index (χ3v) is 4.58. The van der Waals surface area contributed by atoms with E-state index in [0.29, 0.717) is 17.3 Å². The summed E-state index contributed by atoms with van der Waals surface area (Å²) >= 11 is 5.83. The lowest BCUT2D eigenvalue weighted by Gasteiger charge is -2.20. The van der Waals surface area contributed by atoms with Gasteiger partial charge in [-0.05, 0) is 48.9 Å². The number of quaternary nitrogens is 1. The van der Waals surface area contributed by atoms with Crippen molar-refractivity contribution in [3.05, 3.63) is 59.1 Å². The summed E-state index contributed by atoms with van der Waals surface area (Å²) in [5.74, 6) is 0.501. The van der Waals surface area contributed by atoms with Crippen molar-refractivity contribution in [2.24, 2.45) is 0 Å². The van der Waals surface area contributed by atoms with E-state index in [-0.39, 0.29) is 24.4 Å². The van der Waals surface area contributed by atoms with E-state index >= 15 is 0 Å². The number of benzene rings is 2. The molecule has 0 aliphatic rings. The molecule has 0 aliphatic heterocycles. The van der Waals surface area contributed by atoms with Crippen LogP contribution in [-0.4, -0.2) is 38.6 Å². The highest BCUT2D eigenvalue weighted by atomic mass is 35.5. The Kier molecular flexibility index (Phi) is 7.64. The minimum absolute atomic E-state index is 0.109. The molecule has 2 rings (SSSR count). The van der Waals surface area contributed by atoms with Gasteiger partial charge in [-0.2, -0.15) is 0 Å². The summed E-state index contributed by atoms with van der Waals surface area (Å²) in [6.07, 6.45) is 0. The zero-order valence-electron chi connectivity index (χ0n) is 15.7. The van der Waals surface area contributed by atoms with Gasteiger partial charge in [-0.1, -0.05) is 23.7 Å². The molecule has 3 N–H and O–H groups in total. The molecule has 0 radical (unpaired) electrons. The minimum atomic E-state index is -0.362. The Labute approximate surface area is 164 Å². The fourth-order valence-electron chi connectivity index (χ4n) is 2.45. The van der Waals surface area contributed by atoms with Crippen LogP contribution in [-0.2, 0) is 16.1 Å². The second-order valence-electron chi connectivity index (χ2n) is 6.37. The number of halogens is 1. The van der Waals surface area contributed by atoms with Crippen molar-refractivity contribution in [1.82, 2.24) is 5.32 Å². The van der Waals surface area contributed by atoms with Gasteiger partial charge >= 0.3 is 0 Å². The van der Waals surface area contributed by atoms with E-state index in [2.05, 4.69) is 10.6 Å². The molecule has 0 aliphatic carbocycles. The molecule has 6 nitrogen and oxygen atoms in total. The first-order chi connectivity index (χ1) is 12.9. The Morgan fingerprint density at radius 1 is 1.11 bits per heavy atom. The number of amides is 2. The summed E-state index contributed by atoms with van der Waals surface area (Å²) in [7, 11) is 3.43. The largest absolute Gasteiger partial charge is 0.497 e. The lowest BCUT2D eigenvalue weighted by Crippen LogP contribution is -3.15. The van der Waals surface area contributed by atoms with Crippen LogP contribution in [0.4, 0.5) is 5.69 Å². The lowest BCUT2D eigenvalue weighted by atomic mass is 10.2. The van der Waals surface area contributed by atoms with E-state index in [4.69, 9.17) is 16.3 Å². The van der Waals surface area contributed by atoms with Crippen LogP contribution in [0, 0.1) is 0 Å². The van der Waals surface area contributed by atoms with Crippen LogP contribution in [0.25, 0.3) is 0 Å². The molecule has 0 bridgehead atoms. The first kappa shape index (κ1) is 20.7. The van der Waals surface area contributed by atoms with Gasteiger partial charge in [0.05, 0.1) is 14.2 Å². The normalized spacial score (nSPS) is 12.7. The Morgan fingerprint density at radius 3 is 2.33 bits per heavy atom. The molecule has 2 aromatic rings. The van der Waals surface area contributed by atoms with Crippen LogP contribution in [0.2, 0.25) is 5.02 Å². The molecule has 27 heavy (non-hydrogen) atoms. The molecule has 0 fully saturated rings. The van der Waals surface area contributed by atoms with Crippen LogP contribution >= 0.6 is 11.6 Å². The molecule has 2 atom stereocenters. The molecular weight excluding hydrogens is 366 g/mol. The number of hydrogen-bond donors (Lipinski definition) is 3. The Morgan fingerprint density at radius 2 is 1.74 bits per heavy atom. The monoisotopic (exact) mass is 390 g/mol. The van der Waals surface area contributed by atoms with Crippen molar-refractivity contribution in [2.75, 3.05) is 26.0 Å². The van der Waals surface area contributed by atoms with Gasteiger partial charge in [-0.3, -0.25) is 9.59 Å². The Balaban J connectivity index is 1.80. The molecule has 2 aromatic carbocycles. The molecule has 1 unspecified atom stereocenters. The maximum atomic E-state index is 12.4. The molecule has 0 aromatic heterocycles. The summed E-state index contributed by atoms with van der Waals surface area (Å²) in [6, 6.07) is 14.0. The number of nitrogens with one attached hydrogen (secondary N) is 3. The van der Waals surface area contributed by atoms with Crippen LogP contribution in [0.3, 0.4) is 0 Å². The first-order valence-electron chi connectivity index (χ1n) is 8.67. The van der Waals surface area contributed by atoms with E-state index < -0.39 is 0 Å². The molecule has 0 saturated carbocycles. The van der Waals surface area contributed by atoms with Gasteiger partial charge in [0.15, 0.2) is 12.6 Å². The maximum absolute atomic E-state index is 12.4. The molecule has 144 valence electrons. The van der Waals surface area contributed by atoms with Crippen LogP contribution in [0.1, 0.15) is 12.5 Å². The zero-order valence-corrected chi connectivity index (χ0v) is 16.5. The fraction of sp³-hybridized carbons (Fsp3) is 0.300. The lowest BCUT2D eigenvalue weighted by molar-refractivity contribution is -0.885. The van der Waals surface area contributed by atoms with Crippen molar-refractivity contribution >= 4 is 29.1 Å². The van der Waals surface area contributed by atoms with Crippen LogP contribution in [0.15, 0.2) is 48.5 Å². The number of carbonyl (C=O) groups is 2. The topological polar surface area (TPSA) is 71.9 Å². The molecule has 0 heterocycles. The Bertz CT molecular complexity index is 763. The number of methoxy groups -OCH3 is 1. The maximum Gasteiger partial charge on any atom is 0.279 e. The Hall–Kier alpha value is -2.57. The highest BCUT2D eigenvalue weighted by molar-refractivity contribution is 6.30.